The summed E-state index contributed by atoms with van der Waals surface area (Å²) >= 11 is 0. The molecule has 1 aromatic rings. The molecule has 0 atom stereocenters. The summed E-state index contributed by atoms with van der Waals surface area (Å²) in [7, 11) is 0. The summed E-state index contributed by atoms with van der Waals surface area (Å²) in [5, 5.41) is 6.72. The monoisotopic (exact) mass is 204 g/mol. The molecule has 3 rings (SSSR count). The lowest BCUT2D eigenvalue weighted by atomic mass is 9.93. The van der Waals surface area contributed by atoms with E-state index in [1.54, 1.807) is 6.33 Å². The predicted molar refractivity (Wildman–Crippen MR) is 58.2 cm³/mol. The van der Waals surface area contributed by atoms with Gasteiger partial charge in [-0.15, -0.1) is 0 Å². The van der Waals surface area contributed by atoms with Crippen molar-refractivity contribution >= 4 is 6.08 Å². The molecule has 15 heavy (non-hydrogen) atoms. The van der Waals surface area contributed by atoms with Crippen LogP contribution >= 0.6 is 0 Å². The minimum absolute atomic E-state index is 0.340. The van der Waals surface area contributed by atoms with E-state index in [2.05, 4.69) is 32.2 Å². The van der Waals surface area contributed by atoms with Crippen LogP contribution in [-0.4, -0.2) is 38.7 Å². The first-order valence-electron chi connectivity index (χ1n) is 5.69. The summed E-state index contributed by atoms with van der Waals surface area (Å²) in [5.74, 6) is 0.864. The topological polar surface area (TPSA) is 44.8 Å². The Hall–Kier alpha value is -1.16. The lowest BCUT2D eigenvalue weighted by Gasteiger charge is -2.28. The first-order chi connectivity index (χ1) is 7.39. The molecule has 4 nitrogen and oxygen atoms in total. The van der Waals surface area contributed by atoms with Gasteiger partial charge >= 0.3 is 0 Å². The fraction of sp³-hybridized carbons (Fsp3) is 0.636. The van der Waals surface area contributed by atoms with Gasteiger partial charge in [-0.3, -0.25) is 10.00 Å². The molecular formula is C11H16N4. The number of rotatable bonds is 2. The van der Waals surface area contributed by atoms with Crippen molar-refractivity contribution in [3.05, 3.63) is 18.2 Å². The van der Waals surface area contributed by atoms with Crippen LogP contribution in [-0.2, 0) is 0 Å². The average molecular weight is 204 g/mol. The van der Waals surface area contributed by atoms with Crippen molar-refractivity contribution in [3.8, 4) is 0 Å². The number of H-pyrrole nitrogens is 1. The highest BCUT2D eigenvalue weighted by atomic mass is 15.2. The summed E-state index contributed by atoms with van der Waals surface area (Å²) in [6.07, 6.45) is 11.2. The third-order valence-corrected chi connectivity index (χ3v) is 3.69. The fourth-order valence-corrected chi connectivity index (χ4v) is 2.95. The zero-order chi connectivity index (χ0) is 10.1. The van der Waals surface area contributed by atoms with Crippen LogP contribution in [0.5, 0.6) is 0 Å². The van der Waals surface area contributed by atoms with Gasteiger partial charge in [0.15, 0.2) is 0 Å². The lowest BCUT2D eigenvalue weighted by Crippen LogP contribution is -2.35. The molecule has 0 bridgehead atoms. The molecule has 0 aliphatic carbocycles. The van der Waals surface area contributed by atoms with Crippen LogP contribution in [0.25, 0.3) is 6.08 Å². The summed E-state index contributed by atoms with van der Waals surface area (Å²) in [6.45, 7) is 2.53. The minimum atomic E-state index is 0.340. The number of fused-ring (bicyclic) bond motifs is 1. The molecule has 0 aromatic carbocycles. The first-order valence-corrected chi connectivity index (χ1v) is 5.69. The van der Waals surface area contributed by atoms with E-state index in [4.69, 9.17) is 0 Å². The summed E-state index contributed by atoms with van der Waals surface area (Å²) in [6, 6.07) is 0. The maximum Gasteiger partial charge on any atom is 0.147 e. The van der Waals surface area contributed by atoms with Gasteiger partial charge in [-0.05, 0) is 44.8 Å². The maximum atomic E-state index is 4.12. The number of hydrogen-bond donors (Lipinski definition) is 1. The Labute approximate surface area is 89.4 Å². The van der Waals surface area contributed by atoms with E-state index in [0.717, 1.165) is 5.82 Å². The number of aromatic amines is 1. The van der Waals surface area contributed by atoms with E-state index < -0.39 is 0 Å². The Morgan fingerprint density at radius 2 is 2.13 bits per heavy atom. The number of nitrogens with zero attached hydrogens (tertiary/aromatic N) is 3. The highest BCUT2D eigenvalue weighted by molar-refractivity contribution is 5.42. The third kappa shape index (κ3) is 1.49. The van der Waals surface area contributed by atoms with Crippen LogP contribution in [0.1, 0.15) is 31.5 Å². The maximum absolute atomic E-state index is 4.12. The van der Waals surface area contributed by atoms with Gasteiger partial charge in [0.2, 0.25) is 0 Å². The molecule has 0 amide bonds. The molecule has 2 fully saturated rings. The first kappa shape index (κ1) is 9.09. The Morgan fingerprint density at radius 1 is 1.33 bits per heavy atom. The quantitative estimate of drug-likeness (QED) is 0.793. The van der Waals surface area contributed by atoms with Gasteiger partial charge in [-0.25, -0.2) is 4.98 Å². The molecule has 2 aliphatic rings. The third-order valence-electron chi connectivity index (χ3n) is 3.69. The minimum Gasteiger partial charge on any atom is -0.294 e. The van der Waals surface area contributed by atoms with Gasteiger partial charge in [-0.2, -0.15) is 5.10 Å². The van der Waals surface area contributed by atoms with E-state index in [9.17, 15) is 0 Å². The Balaban J connectivity index is 1.81. The standard InChI is InChI=1S/C11H16N4/c1-4-11(5-2-8-15(11)7-1)6-3-10-12-9-13-14-10/h3,6,9H,1-2,4-5,7-8H2,(H,12,13,14)/b6-3+. The molecule has 3 heterocycles. The van der Waals surface area contributed by atoms with Crippen molar-refractivity contribution in [2.45, 2.75) is 31.2 Å². The molecule has 0 saturated carbocycles. The van der Waals surface area contributed by atoms with Crippen LogP contribution in [0.3, 0.4) is 0 Å². The second-order valence-corrected chi connectivity index (χ2v) is 4.50. The highest BCUT2D eigenvalue weighted by Gasteiger charge is 2.41. The van der Waals surface area contributed by atoms with Crippen LogP contribution in [0.2, 0.25) is 0 Å². The summed E-state index contributed by atoms with van der Waals surface area (Å²) in [5.41, 5.74) is 0.340. The molecule has 80 valence electrons. The summed E-state index contributed by atoms with van der Waals surface area (Å²) < 4.78 is 0. The molecule has 4 heteroatoms. The number of hydrogen-bond acceptors (Lipinski definition) is 3. The zero-order valence-corrected chi connectivity index (χ0v) is 8.82. The lowest BCUT2D eigenvalue weighted by molar-refractivity contribution is 0.251. The molecule has 2 saturated heterocycles. The van der Waals surface area contributed by atoms with Gasteiger partial charge in [-0.1, -0.05) is 6.08 Å². The normalized spacial score (nSPS) is 25.1. The second kappa shape index (κ2) is 3.45. The fourth-order valence-electron chi connectivity index (χ4n) is 2.95. The Bertz CT molecular complexity index is 345. The number of aromatic nitrogens is 3. The number of nitrogens with one attached hydrogen (secondary N) is 1. The second-order valence-electron chi connectivity index (χ2n) is 4.50. The van der Waals surface area contributed by atoms with Crippen molar-refractivity contribution in [1.82, 2.24) is 20.1 Å². The smallest absolute Gasteiger partial charge is 0.147 e. The van der Waals surface area contributed by atoms with E-state index >= 15 is 0 Å². The van der Waals surface area contributed by atoms with Crippen LogP contribution < -0.4 is 0 Å². The molecule has 2 aliphatic heterocycles. The van der Waals surface area contributed by atoms with Gasteiger partial charge < -0.3 is 0 Å². The Morgan fingerprint density at radius 3 is 2.80 bits per heavy atom. The van der Waals surface area contributed by atoms with Gasteiger partial charge in [0.1, 0.15) is 12.2 Å². The van der Waals surface area contributed by atoms with E-state index in [0.29, 0.717) is 5.54 Å². The van der Waals surface area contributed by atoms with Crippen molar-refractivity contribution in [2.75, 3.05) is 13.1 Å². The van der Waals surface area contributed by atoms with Gasteiger partial charge in [0.05, 0.1) is 0 Å². The molecule has 1 N–H and O–H groups in total. The van der Waals surface area contributed by atoms with Crippen LogP contribution in [0, 0.1) is 0 Å². The zero-order valence-electron chi connectivity index (χ0n) is 8.82. The van der Waals surface area contributed by atoms with Crippen molar-refractivity contribution in [3.63, 3.8) is 0 Å². The SMILES string of the molecule is C(=C\C12CCCN1CCC2)/c1ncn[nH]1. The van der Waals surface area contributed by atoms with E-state index in [1.807, 2.05) is 0 Å². The summed E-state index contributed by atoms with van der Waals surface area (Å²) in [4.78, 5) is 6.73. The molecule has 0 radical (unpaired) electrons. The van der Waals surface area contributed by atoms with Crippen molar-refractivity contribution in [2.24, 2.45) is 0 Å². The van der Waals surface area contributed by atoms with Crippen LogP contribution in [0.15, 0.2) is 12.4 Å². The largest absolute Gasteiger partial charge is 0.294 e. The van der Waals surface area contributed by atoms with Crippen molar-refractivity contribution < 1.29 is 0 Å². The van der Waals surface area contributed by atoms with Gasteiger partial charge in [0.25, 0.3) is 0 Å². The molecule has 0 spiro atoms. The Kier molecular flexibility index (Phi) is 2.09. The van der Waals surface area contributed by atoms with E-state index in [1.165, 1.54) is 38.8 Å². The van der Waals surface area contributed by atoms with E-state index in [-0.39, 0.29) is 0 Å². The predicted octanol–water partition coefficient (Wildman–Crippen LogP) is 1.45. The van der Waals surface area contributed by atoms with Crippen molar-refractivity contribution in [1.29, 1.82) is 0 Å². The highest BCUT2D eigenvalue weighted by Crippen LogP contribution is 2.39. The average Bonchev–Trinajstić information content (AvgIpc) is 2.91. The van der Waals surface area contributed by atoms with Crippen LogP contribution in [0.4, 0.5) is 0 Å². The molecular weight excluding hydrogens is 188 g/mol. The van der Waals surface area contributed by atoms with Gasteiger partial charge in [0, 0.05) is 5.54 Å². The molecule has 1 aromatic heterocycles. The molecule has 0 unspecified atom stereocenters.